The fourth-order valence-electron chi connectivity index (χ4n) is 2.00. The number of carbonyl (C=O) groups excluding carboxylic acids is 3. The topological polar surface area (TPSA) is 108 Å². The van der Waals surface area contributed by atoms with E-state index in [9.17, 15) is 19.5 Å². The van der Waals surface area contributed by atoms with Crippen LogP contribution in [0.1, 0.15) is 5.56 Å². The number of aliphatic hydroxyl groups excluding tert-OH is 1. The first-order chi connectivity index (χ1) is 11.4. The molecule has 3 N–H and O–H groups in total. The van der Waals surface area contributed by atoms with Crippen LogP contribution in [-0.4, -0.2) is 60.2 Å². The molecule has 1 aliphatic heterocycles. The van der Waals surface area contributed by atoms with Gasteiger partial charge in [-0.05, 0) is 30.7 Å². The van der Waals surface area contributed by atoms with Crippen molar-refractivity contribution in [1.82, 2.24) is 15.5 Å². The molecule has 0 radical (unpaired) electrons. The third-order valence-electron chi connectivity index (χ3n) is 3.35. The minimum atomic E-state index is -0.937. The van der Waals surface area contributed by atoms with E-state index in [0.29, 0.717) is 10.8 Å². The number of amides is 4. The Morgan fingerprint density at radius 2 is 2.25 bits per heavy atom. The Kier molecular flexibility index (Phi) is 5.99. The Hall–Kier alpha value is -2.32. The van der Waals surface area contributed by atoms with Crippen molar-refractivity contribution >= 4 is 29.4 Å². The van der Waals surface area contributed by atoms with Crippen molar-refractivity contribution in [2.45, 2.75) is 13.0 Å². The maximum atomic E-state index is 11.7. The number of nitrogens with one attached hydrogen (secondary N) is 2. The highest BCUT2D eigenvalue weighted by Crippen LogP contribution is 2.21. The third-order valence-corrected chi connectivity index (χ3v) is 3.77. The Labute approximate surface area is 143 Å². The summed E-state index contributed by atoms with van der Waals surface area (Å²) in [6.07, 6.45) is -0.937. The molecule has 0 saturated carbocycles. The van der Waals surface area contributed by atoms with E-state index < -0.39 is 23.9 Å². The summed E-state index contributed by atoms with van der Waals surface area (Å²) in [6, 6.07) is 4.51. The van der Waals surface area contributed by atoms with Gasteiger partial charge in [-0.1, -0.05) is 11.6 Å². The van der Waals surface area contributed by atoms with Gasteiger partial charge in [-0.25, -0.2) is 4.79 Å². The second kappa shape index (κ2) is 7.98. The molecule has 130 valence electrons. The highest BCUT2D eigenvalue weighted by Gasteiger charge is 2.30. The molecule has 24 heavy (non-hydrogen) atoms. The predicted molar refractivity (Wildman–Crippen MR) is 85.8 cm³/mol. The highest BCUT2D eigenvalue weighted by atomic mass is 35.5. The molecule has 1 heterocycles. The molecule has 9 heteroatoms. The van der Waals surface area contributed by atoms with Crippen LogP contribution in [0.25, 0.3) is 0 Å². The van der Waals surface area contributed by atoms with Crippen molar-refractivity contribution in [3.8, 4) is 5.75 Å². The highest BCUT2D eigenvalue weighted by molar-refractivity contribution is 6.31. The Bertz CT molecular complexity index is 636. The van der Waals surface area contributed by atoms with E-state index in [1.807, 2.05) is 6.92 Å². The molecular formula is C15H18ClN3O5. The van der Waals surface area contributed by atoms with Crippen molar-refractivity contribution in [1.29, 1.82) is 0 Å². The molecule has 1 fully saturated rings. The summed E-state index contributed by atoms with van der Waals surface area (Å²) in [7, 11) is 0. The van der Waals surface area contributed by atoms with Crippen LogP contribution < -0.4 is 15.4 Å². The number of urea groups is 1. The molecular weight excluding hydrogens is 338 g/mol. The molecule has 0 bridgehead atoms. The van der Waals surface area contributed by atoms with Gasteiger partial charge in [-0.3, -0.25) is 14.5 Å². The van der Waals surface area contributed by atoms with Gasteiger partial charge >= 0.3 is 6.03 Å². The number of ether oxygens (including phenoxy) is 1. The van der Waals surface area contributed by atoms with Crippen LogP contribution in [-0.2, 0) is 9.59 Å². The van der Waals surface area contributed by atoms with Gasteiger partial charge in [0.1, 0.15) is 25.0 Å². The van der Waals surface area contributed by atoms with Crippen molar-refractivity contribution in [3.63, 3.8) is 0 Å². The van der Waals surface area contributed by atoms with Gasteiger partial charge in [0, 0.05) is 11.6 Å². The van der Waals surface area contributed by atoms with E-state index >= 15 is 0 Å². The van der Waals surface area contributed by atoms with Gasteiger partial charge in [0.15, 0.2) is 0 Å². The van der Waals surface area contributed by atoms with E-state index in [-0.39, 0.29) is 26.2 Å². The maximum absolute atomic E-state index is 11.7. The number of hydrogen-bond donors (Lipinski definition) is 3. The van der Waals surface area contributed by atoms with E-state index in [1.54, 1.807) is 18.2 Å². The number of carbonyl (C=O) groups is 3. The zero-order valence-electron chi connectivity index (χ0n) is 13.0. The van der Waals surface area contributed by atoms with Crippen molar-refractivity contribution in [2.75, 3.05) is 26.2 Å². The predicted octanol–water partition coefficient (Wildman–Crippen LogP) is 0.0561. The van der Waals surface area contributed by atoms with Gasteiger partial charge in [0.2, 0.25) is 5.91 Å². The number of aliphatic hydroxyl groups is 1. The molecule has 1 atom stereocenters. The van der Waals surface area contributed by atoms with Crippen LogP contribution in [0.2, 0.25) is 5.02 Å². The first-order valence-corrected chi connectivity index (χ1v) is 7.66. The average Bonchev–Trinajstić information content (AvgIpc) is 2.86. The second-order valence-corrected chi connectivity index (χ2v) is 5.73. The summed E-state index contributed by atoms with van der Waals surface area (Å²) in [5, 5.41) is 15.2. The lowest BCUT2D eigenvalue weighted by molar-refractivity contribution is -0.130. The van der Waals surface area contributed by atoms with E-state index in [1.165, 1.54) is 0 Å². The van der Waals surface area contributed by atoms with Crippen molar-refractivity contribution in [2.24, 2.45) is 0 Å². The smallest absolute Gasteiger partial charge is 0.325 e. The fourth-order valence-corrected chi connectivity index (χ4v) is 2.12. The van der Waals surface area contributed by atoms with E-state index in [0.717, 1.165) is 10.5 Å². The normalized spacial score (nSPS) is 15.2. The number of nitrogens with zero attached hydrogens (tertiary/aromatic N) is 1. The molecule has 1 saturated heterocycles. The first kappa shape index (κ1) is 18.0. The maximum Gasteiger partial charge on any atom is 0.325 e. The third kappa shape index (κ3) is 4.84. The summed E-state index contributed by atoms with van der Waals surface area (Å²) < 4.78 is 5.41. The lowest BCUT2D eigenvalue weighted by Gasteiger charge is -2.15. The lowest BCUT2D eigenvalue weighted by Crippen LogP contribution is -2.43. The van der Waals surface area contributed by atoms with Crippen molar-refractivity contribution < 1.29 is 24.2 Å². The Morgan fingerprint density at radius 3 is 2.88 bits per heavy atom. The Balaban J connectivity index is 1.71. The van der Waals surface area contributed by atoms with E-state index in [2.05, 4.69) is 10.6 Å². The van der Waals surface area contributed by atoms with Crippen molar-refractivity contribution in [3.05, 3.63) is 28.8 Å². The summed E-state index contributed by atoms with van der Waals surface area (Å²) in [4.78, 5) is 35.2. The summed E-state index contributed by atoms with van der Waals surface area (Å²) in [5.41, 5.74) is 0.852. The molecule has 0 aliphatic carbocycles. The fraction of sp³-hybridized carbons (Fsp3) is 0.400. The first-order valence-electron chi connectivity index (χ1n) is 7.28. The molecule has 0 spiro atoms. The second-order valence-electron chi connectivity index (χ2n) is 5.32. The zero-order chi connectivity index (χ0) is 17.7. The Morgan fingerprint density at radius 1 is 1.50 bits per heavy atom. The molecule has 8 nitrogen and oxygen atoms in total. The van der Waals surface area contributed by atoms with E-state index in [4.69, 9.17) is 16.3 Å². The number of rotatable bonds is 7. The van der Waals surface area contributed by atoms with Crippen LogP contribution in [0.3, 0.4) is 0 Å². The standard InChI is InChI=1S/C15H18ClN3O5/c1-9-4-11(2-3-12(9)16)24-8-10(20)5-17-13(21)7-19-14(22)6-18-15(19)23/h2-4,10,20H,5-8H2,1H3,(H,17,21)(H,18,23). The van der Waals surface area contributed by atoms with Gasteiger partial charge in [-0.15, -0.1) is 0 Å². The largest absolute Gasteiger partial charge is 0.491 e. The van der Waals surface area contributed by atoms with Crippen LogP contribution in [0.15, 0.2) is 18.2 Å². The average molecular weight is 356 g/mol. The molecule has 2 rings (SSSR count). The van der Waals surface area contributed by atoms with Gasteiger partial charge in [0.25, 0.3) is 5.91 Å². The number of aryl methyl sites for hydroxylation is 1. The number of imide groups is 1. The molecule has 1 aromatic carbocycles. The molecule has 1 aromatic rings. The van der Waals surface area contributed by atoms with Crippen LogP contribution in [0, 0.1) is 6.92 Å². The molecule has 1 aliphatic rings. The minimum Gasteiger partial charge on any atom is -0.491 e. The molecule has 4 amide bonds. The minimum absolute atomic E-state index is 0.0233. The summed E-state index contributed by atoms with van der Waals surface area (Å²) in [6.45, 7) is 1.26. The monoisotopic (exact) mass is 355 g/mol. The SMILES string of the molecule is Cc1cc(OCC(O)CNC(=O)CN2C(=O)CNC2=O)ccc1Cl. The number of hydrogen-bond acceptors (Lipinski definition) is 5. The summed E-state index contributed by atoms with van der Waals surface area (Å²) >= 11 is 5.91. The quantitative estimate of drug-likeness (QED) is 0.599. The van der Waals surface area contributed by atoms with Crippen LogP contribution in [0.5, 0.6) is 5.75 Å². The summed E-state index contributed by atoms with van der Waals surface area (Å²) in [5.74, 6) is -0.444. The molecule has 0 aromatic heterocycles. The van der Waals surface area contributed by atoms with Crippen LogP contribution in [0.4, 0.5) is 4.79 Å². The lowest BCUT2D eigenvalue weighted by atomic mass is 10.2. The zero-order valence-corrected chi connectivity index (χ0v) is 13.8. The van der Waals surface area contributed by atoms with Gasteiger partial charge in [0.05, 0.1) is 6.54 Å². The van der Waals surface area contributed by atoms with Crippen LogP contribution >= 0.6 is 11.6 Å². The number of benzene rings is 1. The van der Waals surface area contributed by atoms with Gasteiger partial charge in [-0.2, -0.15) is 0 Å². The number of halogens is 1. The van der Waals surface area contributed by atoms with Gasteiger partial charge < -0.3 is 20.5 Å². The molecule has 1 unspecified atom stereocenters.